The Morgan fingerprint density at radius 2 is 2.29 bits per heavy atom. The third-order valence-electron chi connectivity index (χ3n) is 3.92. The van der Waals surface area contributed by atoms with E-state index in [1.165, 1.54) is 25.0 Å². The smallest absolute Gasteiger partial charge is 0.0524 e. The van der Waals surface area contributed by atoms with E-state index >= 15 is 0 Å². The van der Waals surface area contributed by atoms with E-state index < -0.39 is 0 Å². The molecule has 2 atom stereocenters. The zero-order valence-electron chi connectivity index (χ0n) is 11.0. The number of nitrogens with zero attached hydrogens (tertiary/aromatic N) is 3. The summed E-state index contributed by atoms with van der Waals surface area (Å²) in [5, 5.41) is 4.33. The van der Waals surface area contributed by atoms with Crippen LogP contribution in [0, 0.1) is 0 Å². The number of hydrogen-bond acceptors (Lipinski definition) is 3. The van der Waals surface area contributed by atoms with Crippen LogP contribution in [0.1, 0.15) is 38.8 Å². The molecule has 2 unspecified atom stereocenters. The quantitative estimate of drug-likeness (QED) is 0.864. The van der Waals surface area contributed by atoms with E-state index in [9.17, 15) is 0 Å². The Hall–Kier alpha value is -0.870. The molecule has 2 rings (SSSR count). The van der Waals surface area contributed by atoms with Crippen molar-refractivity contribution < 1.29 is 0 Å². The number of rotatable bonds is 4. The summed E-state index contributed by atoms with van der Waals surface area (Å²) in [5.74, 6) is 0. The van der Waals surface area contributed by atoms with Gasteiger partial charge in [-0.2, -0.15) is 5.10 Å². The van der Waals surface area contributed by atoms with E-state index in [2.05, 4.69) is 34.6 Å². The molecule has 17 heavy (non-hydrogen) atoms. The predicted octanol–water partition coefficient (Wildman–Crippen LogP) is 1.60. The van der Waals surface area contributed by atoms with Gasteiger partial charge < -0.3 is 5.73 Å². The molecule has 0 radical (unpaired) electrons. The Labute approximate surface area is 104 Å². The van der Waals surface area contributed by atoms with Gasteiger partial charge in [0.05, 0.1) is 5.69 Å². The Kier molecular flexibility index (Phi) is 4.18. The van der Waals surface area contributed by atoms with Crippen molar-refractivity contribution in [3.8, 4) is 0 Å². The van der Waals surface area contributed by atoms with Gasteiger partial charge in [0.25, 0.3) is 0 Å². The van der Waals surface area contributed by atoms with Crippen LogP contribution in [-0.4, -0.2) is 33.3 Å². The number of hydrogen-bond donors (Lipinski definition) is 1. The minimum atomic E-state index is 0.541. The molecule has 96 valence electrons. The van der Waals surface area contributed by atoms with Crippen LogP contribution in [0.15, 0.2) is 12.3 Å². The van der Waals surface area contributed by atoms with Crippen LogP contribution in [-0.2, 0) is 13.1 Å². The molecule has 1 aromatic rings. The van der Waals surface area contributed by atoms with Crippen molar-refractivity contribution in [1.82, 2.24) is 14.7 Å². The van der Waals surface area contributed by atoms with E-state index in [1.807, 2.05) is 6.20 Å². The Morgan fingerprint density at radius 3 is 3.00 bits per heavy atom. The molecule has 0 spiro atoms. The fourth-order valence-corrected chi connectivity index (χ4v) is 2.84. The lowest BCUT2D eigenvalue weighted by molar-refractivity contribution is 0.0861. The van der Waals surface area contributed by atoms with Gasteiger partial charge in [0.1, 0.15) is 0 Å². The average Bonchev–Trinajstić information content (AvgIpc) is 2.79. The largest absolute Gasteiger partial charge is 0.329 e. The first-order valence-corrected chi connectivity index (χ1v) is 6.72. The van der Waals surface area contributed by atoms with Gasteiger partial charge in [-0.3, -0.25) is 9.58 Å². The molecule has 1 fully saturated rings. The minimum Gasteiger partial charge on any atom is -0.329 e. The maximum Gasteiger partial charge on any atom is 0.0524 e. The second-order valence-electron chi connectivity index (χ2n) is 4.98. The van der Waals surface area contributed by atoms with Crippen LogP contribution in [0.3, 0.4) is 0 Å². The highest BCUT2D eigenvalue weighted by Gasteiger charge is 2.27. The predicted molar refractivity (Wildman–Crippen MR) is 69.6 cm³/mol. The van der Waals surface area contributed by atoms with E-state index in [0.717, 1.165) is 19.6 Å². The lowest BCUT2D eigenvalue weighted by Gasteiger charge is -2.40. The van der Waals surface area contributed by atoms with Crippen LogP contribution in [0.2, 0.25) is 0 Å². The SMILES string of the molecule is CCn1nccc1CN1C(C)CCCC1CN. The van der Waals surface area contributed by atoms with Crippen molar-refractivity contribution >= 4 is 0 Å². The van der Waals surface area contributed by atoms with Crippen molar-refractivity contribution in [3.63, 3.8) is 0 Å². The molecular weight excluding hydrogens is 212 g/mol. The molecule has 1 aliphatic rings. The number of aromatic nitrogens is 2. The highest BCUT2D eigenvalue weighted by atomic mass is 15.3. The molecular formula is C13H24N4. The normalized spacial score (nSPS) is 26.3. The summed E-state index contributed by atoms with van der Waals surface area (Å²) in [4.78, 5) is 2.55. The lowest BCUT2D eigenvalue weighted by Crippen LogP contribution is -2.48. The number of piperidine rings is 1. The van der Waals surface area contributed by atoms with Crippen molar-refractivity contribution in [1.29, 1.82) is 0 Å². The molecule has 4 heteroatoms. The number of likely N-dealkylation sites (tertiary alicyclic amines) is 1. The van der Waals surface area contributed by atoms with Gasteiger partial charge in [-0.25, -0.2) is 0 Å². The van der Waals surface area contributed by atoms with Crippen LogP contribution in [0.4, 0.5) is 0 Å². The van der Waals surface area contributed by atoms with Crippen LogP contribution in [0.25, 0.3) is 0 Å². The Bertz CT molecular complexity index is 347. The molecule has 1 aromatic heterocycles. The van der Waals surface area contributed by atoms with E-state index in [-0.39, 0.29) is 0 Å². The number of nitrogens with two attached hydrogens (primary N) is 1. The van der Waals surface area contributed by atoms with Crippen molar-refractivity contribution in [3.05, 3.63) is 18.0 Å². The van der Waals surface area contributed by atoms with Crippen molar-refractivity contribution in [2.45, 2.75) is 58.3 Å². The maximum absolute atomic E-state index is 5.89. The molecule has 0 bridgehead atoms. The Morgan fingerprint density at radius 1 is 1.47 bits per heavy atom. The summed E-state index contributed by atoms with van der Waals surface area (Å²) >= 11 is 0. The highest BCUT2D eigenvalue weighted by Crippen LogP contribution is 2.24. The summed E-state index contributed by atoms with van der Waals surface area (Å²) < 4.78 is 2.08. The summed E-state index contributed by atoms with van der Waals surface area (Å²) in [6, 6.07) is 3.30. The van der Waals surface area contributed by atoms with Crippen molar-refractivity contribution in [2.24, 2.45) is 5.73 Å². The summed E-state index contributed by atoms with van der Waals surface area (Å²) in [6.07, 6.45) is 5.73. The molecule has 4 nitrogen and oxygen atoms in total. The van der Waals surface area contributed by atoms with Gasteiger partial charge >= 0.3 is 0 Å². The standard InChI is InChI=1S/C13H24N4/c1-3-17-13(7-8-15-17)10-16-11(2)5-4-6-12(16)9-14/h7-8,11-12H,3-6,9-10,14H2,1-2H3. The minimum absolute atomic E-state index is 0.541. The monoisotopic (exact) mass is 236 g/mol. The third-order valence-corrected chi connectivity index (χ3v) is 3.92. The molecule has 2 heterocycles. The highest BCUT2D eigenvalue weighted by molar-refractivity contribution is 5.02. The Balaban J connectivity index is 2.09. The molecule has 0 amide bonds. The fourth-order valence-electron chi connectivity index (χ4n) is 2.84. The molecule has 0 aromatic carbocycles. The molecule has 0 aliphatic carbocycles. The first kappa shape index (κ1) is 12.6. The lowest BCUT2D eigenvalue weighted by atomic mass is 9.96. The molecule has 1 saturated heterocycles. The van der Waals surface area contributed by atoms with Gasteiger partial charge in [0.15, 0.2) is 0 Å². The zero-order valence-corrected chi connectivity index (χ0v) is 11.0. The number of aryl methyl sites for hydroxylation is 1. The van der Waals surface area contributed by atoms with Gasteiger partial charge in [0.2, 0.25) is 0 Å². The molecule has 0 saturated carbocycles. The van der Waals surface area contributed by atoms with E-state index in [0.29, 0.717) is 12.1 Å². The third kappa shape index (κ3) is 2.69. The van der Waals surface area contributed by atoms with Crippen molar-refractivity contribution in [2.75, 3.05) is 6.54 Å². The van der Waals surface area contributed by atoms with Gasteiger partial charge in [-0.15, -0.1) is 0 Å². The van der Waals surface area contributed by atoms with Gasteiger partial charge in [-0.1, -0.05) is 6.42 Å². The summed E-state index contributed by atoms with van der Waals surface area (Å²) in [5.41, 5.74) is 7.20. The van der Waals surface area contributed by atoms with E-state index in [4.69, 9.17) is 5.73 Å². The average molecular weight is 236 g/mol. The maximum atomic E-state index is 5.89. The molecule has 1 aliphatic heterocycles. The molecule has 2 N–H and O–H groups in total. The topological polar surface area (TPSA) is 47.1 Å². The van der Waals surface area contributed by atoms with Crippen LogP contribution in [0.5, 0.6) is 0 Å². The first-order valence-electron chi connectivity index (χ1n) is 6.72. The second kappa shape index (κ2) is 5.65. The zero-order chi connectivity index (χ0) is 12.3. The van der Waals surface area contributed by atoms with Crippen LogP contribution >= 0.6 is 0 Å². The summed E-state index contributed by atoms with van der Waals surface area (Å²) in [7, 11) is 0. The summed E-state index contributed by atoms with van der Waals surface area (Å²) in [6.45, 7) is 7.14. The fraction of sp³-hybridized carbons (Fsp3) is 0.769. The van der Waals surface area contributed by atoms with Gasteiger partial charge in [-0.05, 0) is 32.8 Å². The van der Waals surface area contributed by atoms with Crippen LogP contribution < -0.4 is 5.73 Å². The van der Waals surface area contributed by atoms with Gasteiger partial charge in [0, 0.05) is 37.9 Å². The second-order valence-corrected chi connectivity index (χ2v) is 4.98. The first-order chi connectivity index (χ1) is 8.26. The van der Waals surface area contributed by atoms with E-state index in [1.54, 1.807) is 0 Å².